The average Bonchev–Trinajstić information content (AvgIpc) is 2.86. The Labute approximate surface area is 161 Å². The lowest BCUT2D eigenvalue weighted by Crippen LogP contribution is -1.87. The van der Waals surface area contributed by atoms with Gasteiger partial charge in [0.1, 0.15) is 5.82 Å². The first-order valence-electron chi connectivity index (χ1n) is 10.2. The van der Waals surface area contributed by atoms with Crippen molar-refractivity contribution >= 4 is 17.0 Å². The van der Waals surface area contributed by atoms with Crippen molar-refractivity contribution in [1.29, 1.82) is 0 Å². The van der Waals surface area contributed by atoms with Crippen molar-refractivity contribution in [2.75, 3.05) is 0 Å². The molecule has 1 aromatic rings. The Balaban J connectivity index is 0.00000529. The Hall–Kier alpha value is -0.310. The van der Waals surface area contributed by atoms with E-state index in [0.717, 1.165) is 12.2 Å². The molecule has 0 unspecified atom stereocenters. The largest absolute Gasteiger partial charge is 0.338 e. The fraction of sp³-hybridized carbons (Fsp3) is 0.857. The van der Waals surface area contributed by atoms with Gasteiger partial charge in [-0.2, -0.15) is 0 Å². The van der Waals surface area contributed by atoms with Crippen LogP contribution in [0.4, 0.5) is 0 Å². The van der Waals surface area contributed by atoms with Gasteiger partial charge < -0.3 is 4.57 Å². The molecule has 0 aromatic carbocycles. The van der Waals surface area contributed by atoms with Crippen LogP contribution in [0.15, 0.2) is 6.20 Å². The summed E-state index contributed by atoms with van der Waals surface area (Å²) in [6.07, 6.45) is 23.3. The van der Waals surface area contributed by atoms with Crippen LogP contribution in [0.25, 0.3) is 0 Å². The molecule has 3 heteroatoms. The van der Waals surface area contributed by atoms with Crippen molar-refractivity contribution in [3.05, 3.63) is 17.7 Å². The van der Waals surface area contributed by atoms with Crippen LogP contribution in [0.1, 0.15) is 108 Å². The third kappa shape index (κ3) is 12.1. The molecule has 0 aliphatic carbocycles. The van der Waals surface area contributed by atoms with Gasteiger partial charge >= 0.3 is 0 Å². The number of aromatic nitrogens is 2. The molecule has 0 atom stereocenters. The maximum absolute atomic E-state index is 4.57. The van der Waals surface area contributed by atoms with E-state index >= 15 is 0 Å². The monoisotopic (exact) mass is 400 g/mol. The standard InChI is InChI=1S/C21H40N2.BrH/c1-4-5-6-7-8-9-10-11-12-13-14-15-16-17-18-21-19-23(3)20(2)22-21;/h19H,4-18H2,1-3H3;1H. The number of aryl methyl sites for hydroxylation is 3. The summed E-state index contributed by atoms with van der Waals surface area (Å²) in [6.45, 7) is 4.37. The molecule has 2 nitrogen and oxygen atoms in total. The number of unbranched alkanes of at least 4 members (excludes halogenated alkanes) is 13. The Bertz CT molecular complexity index is 368. The molecular formula is C21H41BrN2. The predicted octanol–water partition coefficient (Wildman–Crippen LogP) is 7.33. The van der Waals surface area contributed by atoms with E-state index in [9.17, 15) is 0 Å². The minimum Gasteiger partial charge on any atom is -0.338 e. The van der Waals surface area contributed by atoms with Crippen LogP contribution in [-0.2, 0) is 13.5 Å². The second-order valence-electron chi connectivity index (χ2n) is 7.24. The molecule has 0 spiro atoms. The minimum absolute atomic E-state index is 0. The normalized spacial score (nSPS) is 10.8. The van der Waals surface area contributed by atoms with Gasteiger partial charge in [-0.3, -0.25) is 0 Å². The Morgan fingerprint density at radius 2 is 1.17 bits per heavy atom. The van der Waals surface area contributed by atoms with E-state index in [1.165, 1.54) is 95.6 Å². The molecule has 0 radical (unpaired) electrons. The van der Waals surface area contributed by atoms with Crippen molar-refractivity contribution < 1.29 is 0 Å². The van der Waals surface area contributed by atoms with E-state index in [-0.39, 0.29) is 17.0 Å². The summed E-state index contributed by atoms with van der Waals surface area (Å²) in [4.78, 5) is 4.57. The third-order valence-electron chi connectivity index (χ3n) is 4.94. The average molecular weight is 401 g/mol. The fourth-order valence-electron chi connectivity index (χ4n) is 3.25. The van der Waals surface area contributed by atoms with Crippen LogP contribution in [-0.4, -0.2) is 9.55 Å². The molecule has 0 aliphatic heterocycles. The topological polar surface area (TPSA) is 17.8 Å². The zero-order chi connectivity index (χ0) is 16.8. The molecule has 1 rings (SSSR count). The maximum atomic E-state index is 4.57. The molecule has 1 heterocycles. The van der Waals surface area contributed by atoms with E-state index in [0.29, 0.717) is 0 Å². The highest BCUT2D eigenvalue weighted by Crippen LogP contribution is 2.13. The lowest BCUT2D eigenvalue weighted by atomic mass is 10.0. The zero-order valence-corrected chi connectivity index (χ0v) is 18.2. The number of halogens is 1. The first-order chi connectivity index (χ1) is 11.2. The lowest BCUT2D eigenvalue weighted by molar-refractivity contribution is 0.535. The van der Waals surface area contributed by atoms with Crippen LogP contribution in [0.5, 0.6) is 0 Å². The maximum Gasteiger partial charge on any atom is 0.105 e. The molecule has 0 fully saturated rings. The molecule has 24 heavy (non-hydrogen) atoms. The van der Waals surface area contributed by atoms with E-state index in [1.807, 2.05) is 0 Å². The molecule has 0 N–H and O–H groups in total. The summed E-state index contributed by atoms with van der Waals surface area (Å²) in [5.74, 6) is 1.13. The van der Waals surface area contributed by atoms with Gasteiger partial charge in [0, 0.05) is 13.2 Å². The molecule has 0 aliphatic rings. The second kappa shape index (κ2) is 16.2. The number of nitrogens with zero attached hydrogens (tertiary/aromatic N) is 2. The van der Waals surface area contributed by atoms with Crippen LogP contribution < -0.4 is 0 Å². The quantitative estimate of drug-likeness (QED) is 0.281. The van der Waals surface area contributed by atoms with Crippen molar-refractivity contribution in [2.45, 2.75) is 110 Å². The highest BCUT2D eigenvalue weighted by atomic mass is 79.9. The summed E-state index contributed by atoms with van der Waals surface area (Å²) in [7, 11) is 2.08. The van der Waals surface area contributed by atoms with Gasteiger partial charge in [-0.1, -0.05) is 90.4 Å². The SMILES string of the molecule is Br.CCCCCCCCCCCCCCCCc1cn(C)c(C)n1. The van der Waals surface area contributed by atoms with Gasteiger partial charge in [-0.25, -0.2) is 4.98 Å². The van der Waals surface area contributed by atoms with E-state index in [4.69, 9.17) is 0 Å². The number of hydrogen-bond acceptors (Lipinski definition) is 1. The highest BCUT2D eigenvalue weighted by Gasteiger charge is 2.00. The smallest absolute Gasteiger partial charge is 0.105 e. The molecule has 0 bridgehead atoms. The Morgan fingerprint density at radius 1 is 0.750 bits per heavy atom. The van der Waals surface area contributed by atoms with Gasteiger partial charge in [-0.05, 0) is 19.8 Å². The summed E-state index contributed by atoms with van der Waals surface area (Å²) >= 11 is 0. The second-order valence-corrected chi connectivity index (χ2v) is 7.24. The van der Waals surface area contributed by atoms with Gasteiger partial charge in [-0.15, -0.1) is 17.0 Å². The molecule has 0 saturated heterocycles. The van der Waals surface area contributed by atoms with Gasteiger partial charge in [0.25, 0.3) is 0 Å². The number of rotatable bonds is 15. The number of imidazole rings is 1. The summed E-state index contributed by atoms with van der Waals surface area (Å²) in [6, 6.07) is 0. The van der Waals surface area contributed by atoms with Crippen LogP contribution in [0, 0.1) is 6.92 Å². The van der Waals surface area contributed by atoms with Crippen molar-refractivity contribution in [3.8, 4) is 0 Å². The summed E-state index contributed by atoms with van der Waals surface area (Å²) in [5, 5.41) is 0. The third-order valence-corrected chi connectivity index (χ3v) is 4.94. The number of hydrogen-bond donors (Lipinski definition) is 0. The van der Waals surface area contributed by atoms with Crippen molar-refractivity contribution in [2.24, 2.45) is 7.05 Å². The van der Waals surface area contributed by atoms with Crippen molar-refractivity contribution in [3.63, 3.8) is 0 Å². The molecule has 0 saturated carbocycles. The predicted molar refractivity (Wildman–Crippen MR) is 112 cm³/mol. The molecule has 1 aromatic heterocycles. The van der Waals surface area contributed by atoms with Crippen LogP contribution >= 0.6 is 17.0 Å². The van der Waals surface area contributed by atoms with Gasteiger partial charge in [0.15, 0.2) is 0 Å². The molecular weight excluding hydrogens is 360 g/mol. The van der Waals surface area contributed by atoms with Gasteiger partial charge in [0.2, 0.25) is 0 Å². The highest BCUT2D eigenvalue weighted by molar-refractivity contribution is 8.93. The van der Waals surface area contributed by atoms with Crippen molar-refractivity contribution in [1.82, 2.24) is 9.55 Å². The summed E-state index contributed by atoms with van der Waals surface area (Å²) < 4.78 is 2.12. The summed E-state index contributed by atoms with van der Waals surface area (Å²) in [5.41, 5.74) is 1.27. The van der Waals surface area contributed by atoms with Crippen LogP contribution in [0.2, 0.25) is 0 Å². The first-order valence-corrected chi connectivity index (χ1v) is 10.2. The molecule has 0 amide bonds. The Morgan fingerprint density at radius 3 is 1.54 bits per heavy atom. The van der Waals surface area contributed by atoms with E-state index in [2.05, 4.69) is 36.6 Å². The van der Waals surface area contributed by atoms with Gasteiger partial charge in [0.05, 0.1) is 5.69 Å². The van der Waals surface area contributed by atoms with E-state index in [1.54, 1.807) is 0 Å². The van der Waals surface area contributed by atoms with E-state index < -0.39 is 0 Å². The fourth-order valence-corrected chi connectivity index (χ4v) is 3.25. The zero-order valence-electron chi connectivity index (χ0n) is 16.5. The minimum atomic E-state index is 0. The molecule has 142 valence electrons. The van der Waals surface area contributed by atoms with Crippen LogP contribution in [0.3, 0.4) is 0 Å². The Kier molecular flexibility index (Phi) is 16.0. The lowest BCUT2D eigenvalue weighted by Gasteiger charge is -2.03. The first kappa shape index (κ1) is 23.7.